The highest BCUT2D eigenvalue weighted by Crippen LogP contribution is 2.33. The van der Waals surface area contributed by atoms with Crippen LogP contribution in [0.5, 0.6) is 0 Å². The Morgan fingerprint density at radius 3 is 2.45 bits per heavy atom. The maximum atomic E-state index is 13.1. The molecule has 0 fully saturated rings. The van der Waals surface area contributed by atoms with Gasteiger partial charge in [0, 0.05) is 12.7 Å². The summed E-state index contributed by atoms with van der Waals surface area (Å²) in [5, 5.41) is 5.38. The number of benzene rings is 1. The summed E-state index contributed by atoms with van der Waals surface area (Å²) in [6, 6.07) is 2.63. The Hall–Kier alpha value is -2.38. The minimum Gasteiger partial charge on any atom is -0.372 e. The highest BCUT2D eigenvalue weighted by Gasteiger charge is 2.34. The second kappa shape index (κ2) is 5.32. The van der Waals surface area contributed by atoms with Crippen molar-refractivity contribution in [1.29, 1.82) is 0 Å². The second-order valence-corrected chi connectivity index (χ2v) is 3.86. The van der Waals surface area contributed by atoms with Gasteiger partial charge in [-0.2, -0.15) is 13.2 Å². The molecule has 1 heterocycles. The molecule has 0 bridgehead atoms. The molecule has 4 nitrogen and oxygen atoms in total. The fourth-order valence-electron chi connectivity index (χ4n) is 1.51. The highest BCUT2D eigenvalue weighted by molar-refractivity contribution is 5.58. The van der Waals surface area contributed by atoms with Crippen LogP contribution < -0.4 is 10.6 Å². The van der Waals surface area contributed by atoms with Crippen molar-refractivity contribution >= 4 is 17.3 Å². The molecule has 0 atom stereocenters. The van der Waals surface area contributed by atoms with Crippen LogP contribution in [0, 0.1) is 5.82 Å². The third-order valence-electron chi connectivity index (χ3n) is 2.43. The van der Waals surface area contributed by atoms with Crippen molar-refractivity contribution < 1.29 is 17.6 Å². The van der Waals surface area contributed by atoms with Crippen LogP contribution in [0.3, 0.4) is 0 Å². The van der Waals surface area contributed by atoms with E-state index in [0.717, 1.165) is 6.07 Å². The summed E-state index contributed by atoms with van der Waals surface area (Å²) in [6.45, 7) is 0. The minimum atomic E-state index is -4.75. The standard InChI is InChI=1S/C12H10F4N4/c1-17-10-5-18-6-11(20-10)19-7-2-3-9(13)8(4-7)12(14,15)16/h2-6H,1H3,(H2,17,19,20). The molecule has 106 valence electrons. The van der Waals surface area contributed by atoms with Gasteiger partial charge in [0.15, 0.2) is 5.82 Å². The second-order valence-electron chi connectivity index (χ2n) is 3.86. The fourth-order valence-corrected chi connectivity index (χ4v) is 1.51. The Labute approximate surface area is 111 Å². The normalized spacial score (nSPS) is 11.2. The molecule has 2 rings (SSSR count). The topological polar surface area (TPSA) is 49.8 Å². The lowest BCUT2D eigenvalue weighted by molar-refractivity contribution is -0.139. The molecule has 0 spiro atoms. The van der Waals surface area contributed by atoms with Crippen LogP contribution in [0.2, 0.25) is 0 Å². The van der Waals surface area contributed by atoms with Gasteiger partial charge in [-0.3, -0.25) is 4.98 Å². The maximum Gasteiger partial charge on any atom is 0.419 e. The third-order valence-corrected chi connectivity index (χ3v) is 2.43. The predicted octanol–water partition coefficient (Wildman–Crippen LogP) is 3.42. The minimum absolute atomic E-state index is 0.0706. The van der Waals surface area contributed by atoms with E-state index < -0.39 is 17.6 Å². The molecule has 20 heavy (non-hydrogen) atoms. The van der Waals surface area contributed by atoms with E-state index in [1.165, 1.54) is 18.5 Å². The molecule has 0 aliphatic carbocycles. The first-order valence-corrected chi connectivity index (χ1v) is 5.53. The average Bonchev–Trinajstić information content (AvgIpc) is 2.40. The molecule has 0 aliphatic heterocycles. The SMILES string of the molecule is CNc1cncc(Nc2ccc(F)c(C(F)(F)F)c2)n1. The number of rotatable bonds is 3. The number of halogens is 4. The van der Waals surface area contributed by atoms with Crippen molar-refractivity contribution in [3.63, 3.8) is 0 Å². The van der Waals surface area contributed by atoms with Crippen molar-refractivity contribution in [2.45, 2.75) is 6.18 Å². The molecular weight excluding hydrogens is 276 g/mol. The van der Waals surface area contributed by atoms with E-state index in [1.54, 1.807) is 7.05 Å². The zero-order valence-electron chi connectivity index (χ0n) is 10.3. The van der Waals surface area contributed by atoms with E-state index in [-0.39, 0.29) is 11.5 Å². The first-order valence-electron chi connectivity index (χ1n) is 5.53. The first kappa shape index (κ1) is 14.0. The van der Waals surface area contributed by atoms with Crippen LogP contribution in [0.25, 0.3) is 0 Å². The summed E-state index contributed by atoms with van der Waals surface area (Å²) in [5.74, 6) is -0.622. The molecule has 0 radical (unpaired) electrons. The van der Waals surface area contributed by atoms with Gasteiger partial charge < -0.3 is 10.6 Å². The van der Waals surface area contributed by atoms with Gasteiger partial charge in [0.1, 0.15) is 11.6 Å². The van der Waals surface area contributed by atoms with Crippen LogP contribution in [0.1, 0.15) is 5.56 Å². The molecule has 0 amide bonds. The Morgan fingerprint density at radius 1 is 1.10 bits per heavy atom. The lowest BCUT2D eigenvalue weighted by atomic mass is 10.2. The maximum absolute atomic E-state index is 13.1. The van der Waals surface area contributed by atoms with Crippen LogP contribution in [0.4, 0.5) is 34.9 Å². The molecule has 8 heteroatoms. The van der Waals surface area contributed by atoms with Crippen LogP contribution >= 0.6 is 0 Å². The lowest BCUT2D eigenvalue weighted by Gasteiger charge is -2.11. The number of nitrogens with one attached hydrogen (secondary N) is 2. The van der Waals surface area contributed by atoms with Gasteiger partial charge in [-0.05, 0) is 18.2 Å². The van der Waals surface area contributed by atoms with Crippen LogP contribution in [-0.2, 0) is 6.18 Å². The number of hydrogen-bond acceptors (Lipinski definition) is 4. The molecule has 0 saturated carbocycles. The van der Waals surface area contributed by atoms with Gasteiger partial charge >= 0.3 is 6.18 Å². The Balaban J connectivity index is 2.30. The van der Waals surface area contributed by atoms with Gasteiger partial charge in [-0.1, -0.05) is 0 Å². The smallest absolute Gasteiger partial charge is 0.372 e. The number of anilines is 3. The van der Waals surface area contributed by atoms with E-state index >= 15 is 0 Å². The average molecular weight is 286 g/mol. The summed E-state index contributed by atoms with van der Waals surface area (Å²) < 4.78 is 50.9. The Kier molecular flexibility index (Phi) is 3.73. The van der Waals surface area contributed by atoms with E-state index in [4.69, 9.17) is 0 Å². The Morgan fingerprint density at radius 2 is 1.80 bits per heavy atom. The van der Waals surface area contributed by atoms with Crippen LogP contribution in [0.15, 0.2) is 30.6 Å². The lowest BCUT2D eigenvalue weighted by Crippen LogP contribution is -2.09. The third kappa shape index (κ3) is 3.14. The number of hydrogen-bond donors (Lipinski definition) is 2. The molecular formula is C12H10F4N4. The van der Waals surface area contributed by atoms with Gasteiger partial charge in [0.05, 0.1) is 18.0 Å². The van der Waals surface area contributed by atoms with Crippen molar-refractivity contribution in [2.75, 3.05) is 17.7 Å². The van der Waals surface area contributed by atoms with E-state index in [9.17, 15) is 17.6 Å². The quantitative estimate of drug-likeness (QED) is 0.849. The molecule has 0 saturated heterocycles. The van der Waals surface area contributed by atoms with E-state index in [2.05, 4.69) is 20.6 Å². The number of alkyl halides is 3. The van der Waals surface area contributed by atoms with Crippen LogP contribution in [-0.4, -0.2) is 17.0 Å². The summed E-state index contributed by atoms with van der Waals surface area (Å²) in [6.07, 6.45) is -1.95. The molecule has 0 aliphatic rings. The van der Waals surface area contributed by atoms with E-state index in [0.29, 0.717) is 11.9 Å². The number of aromatic nitrogens is 2. The fraction of sp³-hybridized carbons (Fsp3) is 0.167. The Bertz CT molecular complexity index is 613. The molecule has 0 unspecified atom stereocenters. The summed E-state index contributed by atoms with van der Waals surface area (Å²) >= 11 is 0. The summed E-state index contributed by atoms with van der Waals surface area (Å²) in [5.41, 5.74) is -1.26. The van der Waals surface area contributed by atoms with Gasteiger partial charge in [-0.15, -0.1) is 0 Å². The summed E-state index contributed by atoms with van der Waals surface area (Å²) in [7, 11) is 1.63. The van der Waals surface area contributed by atoms with E-state index in [1.807, 2.05) is 0 Å². The zero-order valence-corrected chi connectivity index (χ0v) is 10.3. The van der Waals surface area contributed by atoms with Gasteiger partial charge in [0.2, 0.25) is 0 Å². The monoisotopic (exact) mass is 286 g/mol. The molecule has 2 aromatic rings. The van der Waals surface area contributed by atoms with Gasteiger partial charge in [-0.25, -0.2) is 9.37 Å². The molecule has 2 N–H and O–H groups in total. The zero-order chi connectivity index (χ0) is 14.8. The predicted molar refractivity (Wildman–Crippen MR) is 66.3 cm³/mol. The highest BCUT2D eigenvalue weighted by atomic mass is 19.4. The number of nitrogens with zero attached hydrogens (tertiary/aromatic N) is 2. The molecule has 1 aromatic carbocycles. The van der Waals surface area contributed by atoms with Crippen molar-refractivity contribution in [1.82, 2.24) is 9.97 Å². The van der Waals surface area contributed by atoms with Crippen molar-refractivity contribution in [2.24, 2.45) is 0 Å². The largest absolute Gasteiger partial charge is 0.419 e. The van der Waals surface area contributed by atoms with Gasteiger partial charge in [0.25, 0.3) is 0 Å². The van der Waals surface area contributed by atoms with Crippen molar-refractivity contribution in [3.8, 4) is 0 Å². The van der Waals surface area contributed by atoms with Crippen molar-refractivity contribution in [3.05, 3.63) is 42.0 Å². The molecule has 1 aromatic heterocycles. The summed E-state index contributed by atoms with van der Waals surface area (Å²) in [4.78, 5) is 7.90. The first-order chi connectivity index (χ1) is 9.40.